The van der Waals surface area contributed by atoms with Gasteiger partial charge in [0, 0.05) is 0 Å². The average molecular weight is 202 g/mol. The van der Waals surface area contributed by atoms with E-state index in [9.17, 15) is 8.42 Å². The quantitative estimate of drug-likeness (QED) is 0.515. The molecule has 0 bridgehead atoms. The molecule has 2 aromatic heterocycles. The number of rotatable bonds is 2. The standard InChI is InChI=1S/C2H2N8O2S/c11-13(12,9-1-3-5-7-9)10-2-4-6-8-10/h1-2H. The second-order valence-electron chi connectivity index (χ2n) is 1.87. The van der Waals surface area contributed by atoms with Gasteiger partial charge in [0.05, 0.1) is 0 Å². The molecule has 2 heterocycles. The molecular formula is C2H2N8O2S. The van der Waals surface area contributed by atoms with Crippen LogP contribution >= 0.6 is 0 Å². The highest BCUT2D eigenvalue weighted by molar-refractivity contribution is 7.88. The summed E-state index contributed by atoms with van der Waals surface area (Å²) in [5.41, 5.74) is 0. The average Bonchev–Trinajstić information content (AvgIpc) is 2.78. The smallest absolute Gasteiger partial charge is 0.179 e. The molecule has 0 aliphatic rings. The fourth-order valence-corrected chi connectivity index (χ4v) is 1.35. The Labute approximate surface area is 71.4 Å². The van der Waals surface area contributed by atoms with Gasteiger partial charge >= 0.3 is 10.2 Å². The summed E-state index contributed by atoms with van der Waals surface area (Å²) in [5.74, 6) is 0. The Morgan fingerprint density at radius 2 is 1.38 bits per heavy atom. The summed E-state index contributed by atoms with van der Waals surface area (Å²) >= 11 is 0. The van der Waals surface area contributed by atoms with Gasteiger partial charge in [0.2, 0.25) is 0 Å². The summed E-state index contributed by atoms with van der Waals surface area (Å²) in [7, 11) is -3.89. The highest BCUT2D eigenvalue weighted by atomic mass is 32.2. The van der Waals surface area contributed by atoms with Gasteiger partial charge in [-0.15, -0.1) is 18.4 Å². The van der Waals surface area contributed by atoms with Crippen molar-refractivity contribution < 1.29 is 8.42 Å². The van der Waals surface area contributed by atoms with Crippen LogP contribution in [0.4, 0.5) is 0 Å². The lowest BCUT2D eigenvalue weighted by molar-refractivity contribution is 0.557. The molecule has 2 rings (SSSR count). The summed E-state index contributed by atoms with van der Waals surface area (Å²) in [6.07, 6.45) is 1.86. The van der Waals surface area contributed by atoms with E-state index in [4.69, 9.17) is 0 Å². The van der Waals surface area contributed by atoms with Crippen LogP contribution in [0.15, 0.2) is 12.7 Å². The Balaban J connectivity index is 2.56. The van der Waals surface area contributed by atoms with Gasteiger partial charge in [-0.2, -0.15) is 8.42 Å². The molecule has 0 radical (unpaired) electrons. The summed E-state index contributed by atoms with van der Waals surface area (Å²) in [4.78, 5) is 0. The first-order chi connectivity index (χ1) is 6.21. The molecule has 10 nitrogen and oxygen atoms in total. The lowest BCUT2D eigenvalue weighted by Gasteiger charge is -1.97. The van der Waals surface area contributed by atoms with Crippen molar-refractivity contribution in [1.29, 1.82) is 0 Å². The molecule has 0 amide bonds. The molecule has 13 heavy (non-hydrogen) atoms. The van der Waals surface area contributed by atoms with Crippen LogP contribution in [0.25, 0.3) is 0 Å². The molecule has 0 fully saturated rings. The topological polar surface area (TPSA) is 121 Å². The summed E-state index contributed by atoms with van der Waals surface area (Å²) in [6, 6.07) is 0. The molecular weight excluding hydrogens is 200 g/mol. The number of hydrogen-bond donors (Lipinski definition) is 0. The van der Waals surface area contributed by atoms with Crippen molar-refractivity contribution in [3.8, 4) is 0 Å². The minimum Gasteiger partial charge on any atom is -0.179 e. The second-order valence-corrected chi connectivity index (χ2v) is 3.52. The van der Waals surface area contributed by atoms with Gasteiger partial charge in [-0.3, -0.25) is 0 Å². The van der Waals surface area contributed by atoms with Gasteiger partial charge in [-0.1, -0.05) is 0 Å². The maximum atomic E-state index is 11.4. The zero-order chi connectivity index (χ0) is 9.31. The third-order valence-corrected chi connectivity index (χ3v) is 2.41. The van der Waals surface area contributed by atoms with Gasteiger partial charge in [-0.05, 0) is 20.9 Å². The van der Waals surface area contributed by atoms with Gasteiger partial charge < -0.3 is 0 Å². The minimum absolute atomic E-state index is 0.545. The molecule has 0 saturated carbocycles. The highest BCUT2D eigenvalue weighted by Gasteiger charge is 2.17. The van der Waals surface area contributed by atoms with Crippen LogP contribution in [-0.2, 0) is 10.2 Å². The van der Waals surface area contributed by atoms with E-state index >= 15 is 0 Å². The molecule has 0 unspecified atom stereocenters. The van der Waals surface area contributed by atoms with Gasteiger partial charge in [-0.25, -0.2) is 0 Å². The van der Waals surface area contributed by atoms with E-state index in [1.807, 2.05) is 0 Å². The van der Waals surface area contributed by atoms with E-state index in [0.717, 1.165) is 12.7 Å². The summed E-state index contributed by atoms with van der Waals surface area (Å²) in [6.45, 7) is 0. The van der Waals surface area contributed by atoms with E-state index in [0.29, 0.717) is 8.17 Å². The maximum Gasteiger partial charge on any atom is 0.369 e. The Morgan fingerprint density at radius 3 is 1.69 bits per heavy atom. The Bertz CT molecular complexity index is 428. The Hall–Kier alpha value is -1.91. The zero-order valence-corrected chi connectivity index (χ0v) is 6.77. The first-order valence-electron chi connectivity index (χ1n) is 2.93. The van der Waals surface area contributed by atoms with Crippen molar-refractivity contribution in [1.82, 2.24) is 39.2 Å². The van der Waals surface area contributed by atoms with E-state index in [-0.39, 0.29) is 0 Å². The van der Waals surface area contributed by atoms with E-state index in [1.165, 1.54) is 0 Å². The van der Waals surface area contributed by atoms with Crippen molar-refractivity contribution in [2.45, 2.75) is 0 Å². The fraction of sp³-hybridized carbons (Fsp3) is 0. The van der Waals surface area contributed by atoms with Crippen LogP contribution in [0.1, 0.15) is 0 Å². The Kier molecular flexibility index (Phi) is 1.51. The number of tetrazole rings is 2. The predicted molar refractivity (Wildman–Crippen MR) is 35.3 cm³/mol. The van der Waals surface area contributed by atoms with Crippen LogP contribution in [0, 0.1) is 0 Å². The monoisotopic (exact) mass is 202 g/mol. The summed E-state index contributed by atoms with van der Waals surface area (Å²) in [5, 5.41) is 19.1. The fourth-order valence-electron chi connectivity index (χ4n) is 0.603. The lowest BCUT2D eigenvalue weighted by atomic mass is 11.4. The predicted octanol–water partition coefficient (Wildman–Crippen LogP) is -2.70. The molecule has 0 atom stereocenters. The van der Waals surface area contributed by atoms with Crippen LogP contribution in [0.2, 0.25) is 0 Å². The van der Waals surface area contributed by atoms with E-state index in [2.05, 4.69) is 31.1 Å². The third-order valence-electron chi connectivity index (χ3n) is 1.13. The molecule has 0 aromatic carbocycles. The van der Waals surface area contributed by atoms with E-state index < -0.39 is 10.2 Å². The Morgan fingerprint density at radius 1 is 0.923 bits per heavy atom. The highest BCUT2D eigenvalue weighted by Crippen LogP contribution is 1.93. The number of nitrogens with zero attached hydrogens (tertiary/aromatic N) is 8. The largest absolute Gasteiger partial charge is 0.369 e. The van der Waals surface area contributed by atoms with Gasteiger partial charge in [0.25, 0.3) is 0 Å². The molecule has 0 saturated heterocycles. The minimum atomic E-state index is -3.89. The van der Waals surface area contributed by atoms with Crippen molar-refractivity contribution in [3.05, 3.63) is 12.7 Å². The zero-order valence-electron chi connectivity index (χ0n) is 5.96. The summed E-state index contributed by atoms with van der Waals surface area (Å²) < 4.78 is 23.9. The van der Waals surface area contributed by atoms with Crippen LogP contribution < -0.4 is 0 Å². The maximum absolute atomic E-state index is 11.4. The molecule has 0 spiro atoms. The normalized spacial score (nSPS) is 11.7. The number of hydrogen-bond acceptors (Lipinski definition) is 8. The van der Waals surface area contributed by atoms with Crippen molar-refractivity contribution in [2.75, 3.05) is 0 Å². The van der Waals surface area contributed by atoms with Crippen LogP contribution in [0.3, 0.4) is 0 Å². The first kappa shape index (κ1) is 7.72. The second kappa shape index (κ2) is 2.55. The van der Waals surface area contributed by atoms with E-state index in [1.54, 1.807) is 0 Å². The third kappa shape index (κ3) is 1.14. The van der Waals surface area contributed by atoms with Crippen LogP contribution in [0.5, 0.6) is 0 Å². The molecule has 0 N–H and O–H groups in total. The van der Waals surface area contributed by atoms with Gasteiger partial charge in [0.15, 0.2) is 12.7 Å². The molecule has 11 heteroatoms. The molecule has 2 aromatic rings. The number of aromatic nitrogens is 8. The van der Waals surface area contributed by atoms with Crippen molar-refractivity contribution in [2.24, 2.45) is 0 Å². The van der Waals surface area contributed by atoms with Crippen LogP contribution in [-0.4, -0.2) is 47.6 Å². The molecule has 68 valence electrons. The SMILES string of the molecule is O=S(=O)(n1cnnn1)n1cnnn1. The van der Waals surface area contributed by atoms with Crippen molar-refractivity contribution >= 4 is 10.2 Å². The molecule has 0 aliphatic heterocycles. The molecule has 0 aliphatic carbocycles. The first-order valence-corrected chi connectivity index (χ1v) is 4.33. The lowest BCUT2D eigenvalue weighted by Crippen LogP contribution is -2.22. The van der Waals surface area contributed by atoms with Crippen molar-refractivity contribution in [3.63, 3.8) is 0 Å². The van der Waals surface area contributed by atoms with Gasteiger partial charge in [0.1, 0.15) is 0 Å².